The Bertz CT molecular complexity index is 428. The fraction of sp³-hybridized carbons (Fsp3) is 0.538. The maximum atomic E-state index is 8.86. The molecule has 17 heavy (non-hydrogen) atoms. The van der Waals surface area contributed by atoms with Crippen LogP contribution in [0.25, 0.3) is 0 Å². The lowest BCUT2D eigenvalue weighted by molar-refractivity contribution is 0.361. The summed E-state index contributed by atoms with van der Waals surface area (Å²) >= 11 is 0. The molecule has 1 aliphatic rings. The van der Waals surface area contributed by atoms with E-state index in [4.69, 9.17) is 11.0 Å². The van der Waals surface area contributed by atoms with E-state index in [0.29, 0.717) is 17.4 Å². The van der Waals surface area contributed by atoms with Crippen molar-refractivity contribution >= 4 is 11.5 Å². The minimum Gasteiger partial charge on any atom is -0.396 e. The molecular formula is C13H18N4. The van der Waals surface area contributed by atoms with E-state index in [9.17, 15) is 0 Å². The third kappa shape index (κ3) is 2.88. The minimum atomic E-state index is 0.305. The van der Waals surface area contributed by atoms with Crippen molar-refractivity contribution in [1.29, 1.82) is 5.26 Å². The zero-order valence-electron chi connectivity index (χ0n) is 10.1. The Kier molecular flexibility index (Phi) is 3.48. The molecule has 0 spiro atoms. The van der Waals surface area contributed by atoms with Crippen molar-refractivity contribution in [3.05, 3.63) is 17.8 Å². The first kappa shape index (κ1) is 11.7. The molecule has 0 aromatic carbocycles. The molecule has 2 rings (SSSR count). The number of nitrogens with zero attached hydrogens (tertiary/aromatic N) is 2. The van der Waals surface area contributed by atoms with Crippen LogP contribution in [0.2, 0.25) is 0 Å². The predicted octanol–water partition coefficient (Wildman–Crippen LogP) is 2.53. The average Bonchev–Trinajstić information content (AvgIpc) is 2.34. The fourth-order valence-electron chi connectivity index (χ4n) is 2.25. The van der Waals surface area contributed by atoms with E-state index in [-0.39, 0.29) is 0 Å². The van der Waals surface area contributed by atoms with Crippen LogP contribution in [0.5, 0.6) is 0 Å². The molecule has 0 unspecified atom stereocenters. The first-order chi connectivity index (χ1) is 8.19. The summed E-state index contributed by atoms with van der Waals surface area (Å²) in [6, 6.07) is 6.06. The number of hydrogen-bond donors (Lipinski definition) is 2. The van der Waals surface area contributed by atoms with Gasteiger partial charge in [0.15, 0.2) is 5.69 Å². The van der Waals surface area contributed by atoms with Gasteiger partial charge < -0.3 is 11.1 Å². The number of anilines is 2. The largest absolute Gasteiger partial charge is 0.396 e. The van der Waals surface area contributed by atoms with E-state index >= 15 is 0 Å². The Labute approximate surface area is 102 Å². The smallest absolute Gasteiger partial charge is 0.165 e. The molecule has 1 aromatic rings. The molecule has 0 aliphatic heterocycles. The molecule has 0 bridgehead atoms. The Morgan fingerprint density at radius 2 is 2.06 bits per heavy atom. The van der Waals surface area contributed by atoms with Gasteiger partial charge in [-0.05, 0) is 43.7 Å². The van der Waals surface area contributed by atoms with Crippen molar-refractivity contribution < 1.29 is 0 Å². The van der Waals surface area contributed by atoms with E-state index < -0.39 is 0 Å². The molecule has 1 saturated carbocycles. The van der Waals surface area contributed by atoms with E-state index in [1.54, 1.807) is 6.07 Å². The van der Waals surface area contributed by atoms with E-state index in [1.165, 1.54) is 25.7 Å². The highest BCUT2D eigenvalue weighted by atomic mass is 15.0. The number of pyridine rings is 1. The van der Waals surface area contributed by atoms with Crippen LogP contribution < -0.4 is 11.1 Å². The number of nitrogens with one attached hydrogen (secondary N) is 1. The molecule has 4 heteroatoms. The van der Waals surface area contributed by atoms with Crippen molar-refractivity contribution in [3.8, 4) is 6.07 Å². The van der Waals surface area contributed by atoms with Gasteiger partial charge in [0.05, 0.1) is 5.69 Å². The second-order valence-corrected chi connectivity index (χ2v) is 4.85. The van der Waals surface area contributed by atoms with Gasteiger partial charge in [0.1, 0.15) is 11.9 Å². The van der Waals surface area contributed by atoms with Crippen molar-refractivity contribution in [2.75, 3.05) is 11.1 Å². The third-order valence-electron chi connectivity index (χ3n) is 3.40. The van der Waals surface area contributed by atoms with Crippen molar-refractivity contribution in [3.63, 3.8) is 0 Å². The fourth-order valence-corrected chi connectivity index (χ4v) is 2.25. The second-order valence-electron chi connectivity index (χ2n) is 4.85. The lowest BCUT2D eigenvalue weighted by Crippen LogP contribution is -2.25. The van der Waals surface area contributed by atoms with Gasteiger partial charge in [-0.2, -0.15) is 5.26 Å². The SMILES string of the molecule is CC1CCC(Nc2ccc(N)c(C#N)n2)CC1. The Morgan fingerprint density at radius 3 is 2.71 bits per heavy atom. The summed E-state index contributed by atoms with van der Waals surface area (Å²) in [4.78, 5) is 4.21. The van der Waals surface area contributed by atoms with Crippen molar-refractivity contribution in [1.82, 2.24) is 4.98 Å². The molecule has 1 heterocycles. The van der Waals surface area contributed by atoms with Crippen LogP contribution in [0.15, 0.2) is 12.1 Å². The molecule has 0 saturated heterocycles. The Hall–Kier alpha value is -1.76. The zero-order valence-corrected chi connectivity index (χ0v) is 10.1. The predicted molar refractivity (Wildman–Crippen MR) is 68.4 cm³/mol. The quantitative estimate of drug-likeness (QED) is 0.818. The van der Waals surface area contributed by atoms with Crippen LogP contribution in [-0.4, -0.2) is 11.0 Å². The van der Waals surface area contributed by atoms with Gasteiger partial charge in [0.25, 0.3) is 0 Å². The van der Waals surface area contributed by atoms with Crippen molar-refractivity contribution in [2.24, 2.45) is 5.92 Å². The maximum Gasteiger partial charge on any atom is 0.165 e. The van der Waals surface area contributed by atoms with E-state index in [2.05, 4.69) is 17.2 Å². The third-order valence-corrected chi connectivity index (χ3v) is 3.40. The highest BCUT2D eigenvalue weighted by Gasteiger charge is 2.18. The zero-order chi connectivity index (χ0) is 12.3. The van der Waals surface area contributed by atoms with Crippen LogP contribution in [0.1, 0.15) is 38.3 Å². The van der Waals surface area contributed by atoms with Gasteiger partial charge >= 0.3 is 0 Å². The lowest BCUT2D eigenvalue weighted by Gasteiger charge is -2.27. The number of nitrogens with two attached hydrogens (primary N) is 1. The molecule has 1 fully saturated rings. The molecule has 0 radical (unpaired) electrons. The van der Waals surface area contributed by atoms with Crippen molar-refractivity contribution in [2.45, 2.75) is 38.6 Å². The van der Waals surface area contributed by atoms with Crippen LogP contribution in [0.3, 0.4) is 0 Å². The van der Waals surface area contributed by atoms with Crippen LogP contribution in [-0.2, 0) is 0 Å². The molecular weight excluding hydrogens is 212 g/mol. The topological polar surface area (TPSA) is 74.7 Å². The van der Waals surface area contributed by atoms with Gasteiger partial charge in [0, 0.05) is 6.04 Å². The standard InChI is InChI=1S/C13H18N4/c1-9-2-4-10(5-3-9)16-13-7-6-11(15)12(8-14)17-13/h6-7,9-10H,2-5,15H2,1H3,(H,16,17). The molecule has 3 N–H and O–H groups in total. The van der Waals surface area contributed by atoms with Gasteiger partial charge in [-0.1, -0.05) is 6.92 Å². The highest BCUT2D eigenvalue weighted by molar-refractivity contribution is 5.54. The van der Waals surface area contributed by atoms with Gasteiger partial charge in [0.2, 0.25) is 0 Å². The first-order valence-electron chi connectivity index (χ1n) is 6.12. The van der Waals surface area contributed by atoms with Crippen LogP contribution in [0, 0.1) is 17.2 Å². The van der Waals surface area contributed by atoms with Gasteiger partial charge in [-0.15, -0.1) is 0 Å². The number of aromatic nitrogens is 1. The summed E-state index contributed by atoms with van der Waals surface area (Å²) in [7, 11) is 0. The summed E-state index contributed by atoms with van der Waals surface area (Å²) in [6.07, 6.45) is 4.87. The average molecular weight is 230 g/mol. The normalized spacial score (nSPS) is 24.0. The van der Waals surface area contributed by atoms with Gasteiger partial charge in [-0.25, -0.2) is 4.98 Å². The maximum absolute atomic E-state index is 8.86. The highest BCUT2D eigenvalue weighted by Crippen LogP contribution is 2.25. The molecule has 1 aromatic heterocycles. The van der Waals surface area contributed by atoms with E-state index in [0.717, 1.165) is 11.7 Å². The van der Waals surface area contributed by atoms with Gasteiger partial charge in [-0.3, -0.25) is 0 Å². The second kappa shape index (κ2) is 5.05. The van der Waals surface area contributed by atoms with Crippen LogP contribution in [0.4, 0.5) is 11.5 Å². The first-order valence-corrected chi connectivity index (χ1v) is 6.12. The number of nitrogen functional groups attached to an aromatic ring is 1. The minimum absolute atomic E-state index is 0.305. The summed E-state index contributed by atoms with van der Waals surface area (Å²) in [5.74, 6) is 1.59. The lowest BCUT2D eigenvalue weighted by atomic mass is 9.87. The van der Waals surface area contributed by atoms with E-state index in [1.807, 2.05) is 12.1 Å². The van der Waals surface area contributed by atoms with Crippen LogP contribution >= 0.6 is 0 Å². The molecule has 0 amide bonds. The summed E-state index contributed by atoms with van der Waals surface area (Å²) in [6.45, 7) is 2.30. The molecule has 0 atom stereocenters. The molecule has 1 aliphatic carbocycles. The number of hydrogen-bond acceptors (Lipinski definition) is 4. The number of rotatable bonds is 2. The summed E-state index contributed by atoms with van der Waals surface area (Å²) in [5.41, 5.74) is 6.38. The monoisotopic (exact) mass is 230 g/mol. The number of nitriles is 1. The summed E-state index contributed by atoms with van der Waals surface area (Å²) < 4.78 is 0. The Balaban J connectivity index is 2.02. The molecule has 4 nitrogen and oxygen atoms in total. The Morgan fingerprint density at radius 1 is 1.35 bits per heavy atom. The summed E-state index contributed by atoms with van der Waals surface area (Å²) in [5, 5.41) is 12.2. The molecule has 90 valence electrons.